The van der Waals surface area contributed by atoms with Gasteiger partial charge in [-0.3, -0.25) is 9.79 Å². The number of nitrogen functional groups attached to an aromatic ring is 2. The fraction of sp³-hybridized carbons (Fsp3) is 0.444. The molecule has 14 nitrogen and oxygen atoms in total. The Bertz CT molecular complexity index is 2700. The summed E-state index contributed by atoms with van der Waals surface area (Å²) in [6.45, 7) is 4.91. The topological polar surface area (TPSA) is 212 Å². The van der Waals surface area contributed by atoms with Crippen molar-refractivity contribution < 1.29 is 33.6 Å². The molecule has 0 unspecified atom stereocenters. The molecule has 6 bridgehead atoms. The number of nitrogens with zero attached hydrogens (tertiary/aromatic N) is 4. The molecule has 16 heteroatoms. The van der Waals surface area contributed by atoms with Gasteiger partial charge in [-0.15, -0.1) is 0 Å². The Kier molecular flexibility index (Phi) is 9.08. The number of aromatic nitrogens is 2. The molecule has 0 radical (unpaired) electrons. The van der Waals surface area contributed by atoms with Crippen molar-refractivity contribution in [2.75, 3.05) is 23.8 Å². The summed E-state index contributed by atoms with van der Waals surface area (Å²) in [5.41, 5.74) is 17.4. The van der Waals surface area contributed by atoms with Crippen molar-refractivity contribution in [2.24, 2.45) is 16.8 Å². The van der Waals surface area contributed by atoms with Crippen molar-refractivity contribution in [1.82, 2.24) is 14.9 Å². The lowest BCUT2D eigenvalue weighted by Gasteiger charge is -2.48. The molecule has 1 saturated carbocycles. The Morgan fingerprint density at radius 1 is 1.07 bits per heavy atom. The van der Waals surface area contributed by atoms with E-state index in [1.165, 1.54) is 11.6 Å². The average molecular weight is 863 g/mol. The van der Waals surface area contributed by atoms with Gasteiger partial charge in [0.1, 0.15) is 51.6 Å². The summed E-state index contributed by atoms with van der Waals surface area (Å²) in [4.78, 5) is 44.5. The zero-order chi connectivity index (χ0) is 41.9. The Morgan fingerprint density at radius 2 is 1.93 bits per heavy atom. The number of anilines is 2. The van der Waals surface area contributed by atoms with Crippen LogP contribution in [0.5, 0.6) is 11.5 Å². The van der Waals surface area contributed by atoms with Gasteiger partial charge in [-0.05, 0) is 81.7 Å². The first kappa shape index (κ1) is 38.9. The summed E-state index contributed by atoms with van der Waals surface area (Å²) in [6.07, 6.45) is 6.64. The highest BCUT2D eigenvalue weighted by Gasteiger charge is 2.71. The number of esters is 1. The van der Waals surface area contributed by atoms with Crippen molar-refractivity contribution in [3.8, 4) is 22.8 Å². The fourth-order valence-electron chi connectivity index (χ4n) is 11.0. The molecule has 0 amide bonds. The zero-order valence-corrected chi connectivity index (χ0v) is 35.4. The molecular weight excluding hydrogens is 817 g/mol. The van der Waals surface area contributed by atoms with Crippen LogP contribution in [0.3, 0.4) is 0 Å². The van der Waals surface area contributed by atoms with Crippen LogP contribution in [0.15, 0.2) is 68.1 Å². The first-order chi connectivity index (χ1) is 29.4. The number of aliphatic hydroxyl groups excluding tert-OH is 1. The van der Waals surface area contributed by atoms with Gasteiger partial charge in [0.25, 0.3) is 0 Å². The molecule has 10 heterocycles. The van der Waals surface area contributed by atoms with Crippen LogP contribution in [-0.2, 0) is 33.0 Å². The van der Waals surface area contributed by atoms with Gasteiger partial charge in [0.05, 0.1) is 35.8 Å². The maximum absolute atomic E-state index is 14.9. The van der Waals surface area contributed by atoms with Gasteiger partial charge in [0.2, 0.25) is 0 Å². The van der Waals surface area contributed by atoms with Crippen molar-refractivity contribution in [2.45, 2.75) is 100 Å². The molecule has 8 atom stereocenters. The summed E-state index contributed by atoms with van der Waals surface area (Å²) >= 11 is 0. The SMILES string of the molecule is Cc1cc(=O)c2c(O)c3c(cc2o1)O[C@@]1(C)CCSSCc2c(cc(CN4C=C5N=CC=C5C4)nc2N)-c2cc(cc(N)n2)CC[C@H]2O[C@]24C(=O)O[C@@H]1[C@@H]3[C@@H]1CC[C@@H]4[C@@H](O)C1. The molecule has 1 spiro atoms. The molecule has 3 aromatic heterocycles. The Morgan fingerprint density at radius 3 is 2.77 bits per heavy atom. The van der Waals surface area contributed by atoms with Crippen molar-refractivity contribution in [3.05, 3.63) is 92.2 Å². The number of fused-ring (bicyclic) bond motifs is 9. The van der Waals surface area contributed by atoms with Gasteiger partial charge in [-0.1, -0.05) is 21.6 Å². The minimum absolute atomic E-state index is 0.0512. The van der Waals surface area contributed by atoms with E-state index in [-0.39, 0.29) is 28.1 Å². The van der Waals surface area contributed by atoms with Crippen LogP contribution in [-0.4, -0.2) is 79.1 Å². The Balaban J connectivity index is 0.992. The second-order valence-electron chi connectivity index (χ2n) is 17.7. The number of hydrogen-bond donors (Lipinski definition) is 4. The molecule has 61 heavy (non-hydrogen) atoms. The van der Waals surface area contributed by atoms with E-state index in [0.717, 1.165) is 34.6 Å². The lowest BCUT2D eigenvalue weighted by molar-refractivity contribution is -0.175. The summed E-state index contributed by atoms with van der Waals surface area (Å²) in [5.74, 6) is 0.650. The summed E-state index contributed by atoms with van der Waals surface area (Å²) in [5, 5.41) is 24.0. The highest BCUT2D eigenvalue weighted by atomic mass is 33.1. The predicted molar refractivity (Wildman–Crippen MR) is 233 cm³/mol. The molecule has 4 fully saturated rings. The number of phenols is 1. The summed E-state index contributed by atoms with van der Waals surface area (Å²) in [6, 6.07) is 8.97. The third kappa shape index (κ3) is 6.34. The first-order valence-corrected chi connectivity index (χ1v) is 23.4. The molecule has 12 rings (SSSR count). The lowest BCUT2D eigenvalue weighted by Crippen LogP contribution is -2.55. The van der Waals surface area contributed by atoms with Crippen LogP contribution in [0.25, 0.3) is 22.2 Å². The quantitative estimate of drug-likeness (QED) is 0.102. The number of aliphatic imine (C=N–C) groups is 1. The number of carbonyl (C=O) groups is 1. The first-order valence-electron chi connectivity index (χ1n) is 20.9. The number of aromatic hydroxyl groups is 1. The van der Waals surface area contributed by atoms with Gasteiger partial charge in [0.15, 0.2) is 11.0 Å². The van der Waals surface area contributed by atoms with Crippen LogP contribution in [0.2, 0.25) is 0 Å². The molecule has 1 aromatic carbocycles. The van der Waals surface area contributed by atoms with Crippen LogP contribution >= 0.6 is 21.6 Å². The monoisotopic (exact) mass is 862 g/mol. The third-order valence-corrected chi connectivity index (χ3v) is 16.2. The molecular formula is C45H46N6O8S2. The maximum atomic E-state index is 14.9. The second kappa shape index (κ2) is 14.3. The van der Waals surface area contributed by atoms with E-state index in [4.69, 9.17) is 40.1 Å². The number of carbonyl (C=O) groups excluding carboxylic acids is 1. The normalized spacial score (nSPS) is 31.3. The van der Waals surface area contributed by atoms with Crippen molar-refractivity contribution >= 4 is 56.4 Å². The van der Waals surface area contributed by atoms with E-state index in [1.807, 2.05) is 37.5 Å². The number of aliphatic hydroxyl groups is 1. The smallest absolute Gasteiger partial charge is 0.342 e. The van der Waals surface area contributed by atoms with Gasteiger partial charge >= 0.3 is 5.97 Å². The molecule has 1 aliphatic carbocycles. The van der Waals surface area contributed by atoms with E-state index >= 15 is 0 Å². The number of aryl methyl sites for hydroxylation is 2. The van der Waals surface area contributed by atoms with Gasteiger partial charge in [-0.25, -0.2) is 14.8 Å². The number of benzene rings is 1. The van der Waals surface area contributed by atoms with Gasteiger partial charge in [0, 0.05) is 83.1 Å². The molecule has 3 saturated heterocycles. The maximum Gasteiger partial charge on any atom is 0.342 e. The van der Waals surface area contributed by atoms with Gasteiger partial charge in [-0.2, -0.15) is 0 Å². The van der Waals surface area contributed by atoms with E-state index < -0.39 is 47.3 Å². The average Bonchev–Trinajstić information content (AvgIpc) is 3.53. The number of phenolic OH excluding ortho intramolecular Hbond substituents is 1. The van der Waals surface area contributed by atoms with Gasteiger partial charge < -0.3 is 45.2 Å². The predicted octanol–water partition coefficient (Wildman–Crippen LogP) is 6.09. The third-order valence-electron chi connectivity index (χ3n) is 13.9. The van der Waals surface area contributed by atoms with E-state index in [9.17, 15) is 19.8 Å². The van der Waals surface area contributed by atoms with Crippen LogP contribution < -0.4 is 21.6 Å². The number of allylic oxidation sites excluding steroid dienone is 1. The number of pyridine rings is 2. The minimum Gasteiger partial charge on any atom is -0.507 e. The number of ether oxygens (including phenoxy) is 3. The van der Waals surface area contributed by atoms with E-state index in [1.54, 1.807) is 34.6 Å². The number of nitrogens with two attached hydrogens (primary N) is 2. The molecule has 316 valence electrons. The summed E-state index contributed by atoms with van der Waals surface area (Å²) in [7, 11) is 3.27. The fourth-order valence-corrected chi connectivity index (χ4v) is 13.3. The van der Waals surface area contributed by atoms with Crippen molar-refractivity contribution in [3.63, 3.8) is 0 Å². The van der Waals surface area contributed by atoms with Crippen LogP contribution in [0.1, 0.15) is 73.1 Å². The summed E-state index contributed by atoms with van der Waals surface area (Å²) < 4.78 is 26.1. The molecule has 6 N–H and O–H groups in total. The molecule has 7 aliphatic heterocycles. The van der Waals surface area contributed by atoms with E-state index in [0.29, 0.717) is 91.0 Å². The van der Waals surface area contributed by atoms with E-state index in [2.05, 4.69) is 16.0 Å². The van der Waals surface area contributed by atoms with Crippen LogP contribution in [0.4, 0.5) is 11.6 Å². The zero-order valence-electron chi connectivity index (χ0n) is 33.8. The lowest BCUT2D eigenvalue weighted by atomic mass is 9.64. The molecule has 4 aromatic rings. The highest BCUT2D eigenvalue weighted by molar-refractivity contribution is 8.76. The molecule has 8 aliphatic rings. The Labute approximate surface area is 359 Å². The number of epoxide rings is 1. The Hall–Kier alpha value is -5.03. The second-order valence-corrected chi connectivity index (χ2v) is 20.3. The number of hydrogen-bond acceptors (Lipinski definition) is 16. The highest BCUT2D eigenvalue weighted by Crippen LogP contribution is 2.60. The standard InChI is InChI=1S/C45H46N6O8S2/c1-21-11-32(53)38-33(56-21)16-34-39(40(38)54)37-23-4-5-28(31(52)14-23)45-35(59-45)6-3-22-12-29(50-36(46)13-22)26-15-25(18-51-17-24-7-9-48-30(24)19-51)49-42(47)27(26)20-61-60-10-8-44(2,58-34)41(37)57-43(45)55/h7,9,11-13,15-16,19,23,28,31,35,37,41,52,54H,3-6,8,10,14,17-18,20H2,1-2H3,(H2,46,50)(H2,47,49)/t23-,28-,31+,35-,37-,41-,44+,45+/m1/s1. The largest absolute Gasteiger partial charge is 0.507 e. The van der Waals surface area contributed by atoms with Crippen LogP contribution in [0, 0.1) is 18.8 Å². The number of rotatable bonds is 2. The minimum atomic E-state index is -1.35. The van der Waals surface area contributed by atoms with Crippen molar-refractivity contribution in [1.29, 1.82) is 0 Å².